The molecule has 0 amide bonds. The highest BCUT2D eigenvalue weighted by Crippen LogP contribution is 2.24. The van der Waals surface area contributed by atoms with Gasteiger partial charge in [0.1, 0.15) is 0 Å². The number of hydrogen-bond acceptors (Lipinski definition) is 5. The maximum Gasteiger partial charge on any atom is 0.203 e. The molecule has 28 heavy (non-hydrogen) atoms. The summed E-state index contributed by atoms with van der Waals surface area (Å²) < 4.78 is 0. The zero-order valence-corrected chi connectivity index (χ0v) is 17.5. The Kier molecular flexibility index (Phi) is 7.76. The van der Waals surface area contributed by atoms with Crippen LogP contribution in [-0.4, -0.2) is 29.2 Å². The van der Waals surface area contributed by atoms with Gasteiger partial charge in [-0.3, -0.25) is 10.3 Å². The average Bonchev–Trinajstić information content (AvgIpc) is 3.22. The molecule has 0 bridgehead atoms. The Morgan fingerprint density at radius 3 is 2.57 bits per heavy atom. The highest BCUT2D eigenvalue weighted by Gasteiger charge is 2.04. The van der Waals surface area contributed by atoms with Gasteiger partial charge in [-0.25, -0.2) is 4.98 Å². The van der Waals surface area contributed by atoms with Gasteiger partial charge in [-0.15, -0.1) is 11.3 Å². The number of thiazole rings is 1. The Morgan fingerprint density at radius 1 is 1.07 bits per heavy atom. The molecule has 0 aliphatic heterocycles. The van der Waals surface area contributed by atoms with Crippen LogP contribution >= 0.6 is 11.3 Å². The van der Waals surface area contributed by atoms with Crippen LogP contribution in [0.2, 0.25) is 0 Å². The van der Waals surface area contributed by atoms with Crippen molar-refractivity contribution >= 4 is 22.7 Å². The van der Waals surface area contributed by atoms with E-state index in [-0.39, 0.29) is 0 Å². The van der Waals surface area contributed by atoms with Gasteiger partial charge in [-0.05, 0) is 30.6 Å². The van der Waals surface area contributed by atoms with Gasteiger partial charge in [0.15, 0.2) is 0 Å². The maximum atomic E-state index is 4.58. The van der Waals surface area contributed by atoms with Crippen molar-refractivity contribution in [3.8, 4) is 11.3 Å². The molecule has 0 atom stereocenters. The lowest BCUT2D eigenvalue weighted by molar-refractivity contribution is 0.275. The second-order valence-electron chi connectivity index (χ2n) is 6.74. The summed E-state index contributed by atoms with van der Waals surface area (Å²) in [5.41, 5.74) is 7.54. The number of aromatic nitrogens is 1. The molecule has 0 saturated carbocycles. The highest BCUT2D eigenvalue weighted by molar-refractivity contribution is 7.14. The Morgan fingerprint density at radius 2 is 1.86 bits per heavy atom. The Hall–Kier alpha value is -2.50. The summed E-state index contributed by atoms with van der Waals surface area (Å²) in [5.74, 6) is 0. The van der Waals surface area contributed by atoms with E-state index in [1.807, 2.05) is 29.8 Å². The molecule has 0 fully saturated rings. The highest BCUT2D eigenvalue weighted by atomic mass is 32.1. The summed E-state index contributed by atoms with van der Waals surface area (Å²) in [6.45, 7) is 7.73. The van der Waals surface area contributed by atoms with Crippen LogP contribution in [0, 0.1) is 0 Å². The minimum atomic E-state index is 0.793. The summed E-state index contributed by atoms with van der Waals surface area (Å²) in [4.78, 5) is 7.07. The lowest BCUT2D eigenvalue weighted by Gasteiger charge is -2.20. The summed E-state index contributed by atoms with van der Waals surface area (Å²) >= 11 is 1.56. The van der Waals surface area contributed by atoms with E-state index in [0.29, 0.717) is 0 Å². The standard InChI is InChI=1S/C23H28N4S/c1-3-5-15-27(4-2)17-20-13-11-19(12-14-20)16-24-26-23-25-22(18-28-23)21-9-7-6-8-10-21/h6-14,16,18H,3-5,15,17H2,1-2H3,(H,25,26). The zero-order chi connectivity index (χ0) is 19.6. The van der Waals surface area contributed by atoms with E-state index >= 15 is 0 Å². The van der Waals surface area contributed by atoms with Gasteiger partial charge in [-0.2, -0.15) is 5.10 Å². The molecule has 3 rings (SSSR count). The first kappa shape index (κ1) is 20.2. The third kappa shape index (κ3) is 6.01. The van der Waals surface area contributed by atoms with Crippen molar-refractivity contribution in [3.05, 3.63) is 71.1 Å². The summed E-state index contributed by atoms with van der Waals surface area (Å²) in [7, 11) is 0. The predicted octanol–water partition coefficient (Wildman–Crippen LogP) is 5.88. The van der Waals surface area contributed by atoms with Crippen molar-refractivity contribution in [1.82, 2.24) is 9.88 Å². The lowest BCUT2D eigenvalue weighted by atomic mass is 10.1. The number of benzene rings is 2. The van der Waals surface area contributed by atoms with E-state index < -0.39 is 0 Å². The molecule has 1 aromatic heterocycles. The van der Waals surface area contributed by atoms with E-state index in [9.17, 15) is 0 Å². The van der Waals surface area contributed by atoms with Gasteiger partial charge in [0.05, 0.1) is 11.9 Å². The molecule has 5 heteroatoms. The van der Waals surface area contributed by atoms with E-state index in [0.717, 1.165) is 35.0 Å². The van der Waals surface area contributed by atoms with Crippen molar-refractivity contribution in [3.63, 3.8) is 0 Å². The molecule has 3 aromatic rings. The normalized spacial score (nSPS) is 11.4. The molecule has 1 N–H and O–H groups in total. The van der Waals surface area contributed by atoms with Crippen LogP contribution in [0.3, 0.4) is 0 Å². The fourth-order valence-corrected chi connectivity index (χ4v) is 3.60. The quantitative estimate of drug-likeness (QED) is 0.346. The fraction of sp³-hybridized carbons (Fsp3) is 0.304. The van der Waals surface area contributed by atoms with Gasteiger partial charge in [-0.1, -0.05) is 74.9 Å². The number of nitrogens with one attached hydrogen (secondary N) is 1. The molecule has 4 nitrogen and oxygen atoms in total. The molecule has 0 aliphatic carbocycles. The van der Waals surface area contributed by atoms with E-state index in [4.69, 9.17) is 0 Å². The van der Waals surface area contributed by atoms with Crippen LogP contribution in [0.25, 0.3) is 11.3 Å². The van der Waals surface area contributed by atoms with Crippen LogP contribution in [0.15, 0.2) is 65.1 Å². The van der Waals surface area contributed by atoms with Gasteiger partial charge in [0.2, 0.25) is 5.13 Å². The second-order valence-corrected chi connectivity index (χ2v) is 7.60. The van der Waals surface area contributed by atoms with E-state index in [1.54, 1.807) is 11.3 Å². The van der Waals surface area contributed by atoms with Crippen LogP contribution in [0.1, 0.15) is 37.8 Å². The number of unbranched alkanes of at least 4 members (excludes halogenated alkanes) is 1. The molecule has 0 spiro atoms. The first-order valence-electron chi connectivity index (χ1n) is 9.89. The molecule has 0 aliphatic rings. The van der Waals surface area contributed by atoms with Gasteiger partial charge < -0.3 is 0 Å². The number of rotatable bonds is 10. The first-order valence-corrected chi connectivity index (χ1v) is 10.8. The largest absolute Gasteiger partial charge is 0.299 e. The van der Waals surface area contributed by atoms with Gasteiger partial charge in [0.25, 0.3) is 0 Å². The number of hydrogen-bond donors (Lipinski definition) is 1. The van der Waals surface area contributed by atoms with Crippen molar-refractivity contribution in [2.45, 2.75) is 33.2 Å². The SMILES string of the molecule is CCCCN(CC)Cc1ccc(C=NNc2nc(-c3ccccc3)cs2)cc1. The fourth-order valence-electron chi connectivity index (χ4n) is 2.93. The predicted molar refractivity (Wildman–Crippen MR) is 121 cm³/mol. The van der Waals surface area contributed by atoms with Crippen molar-refractivity contribution in [1.29, 1.82) is 0 Å². The molecule has 0 saturated heterocycles. The maximum absolute atomic E-state index is 4.58. The number of hydrazone groups is 1. The smallest absolute Gasteiger partial charge is 0.203 e. The van der Waals surface area contributed by atoms with Crippen LogP contribution in [0.4, 0.5) is 5.13 Å². The Bertz CT molecular complexity index is 856. The topological polar surface area (TPSA) is 40.5 Å². The van der Waals surface area contributed by atoms with Crippen LogP contribution < -0.4 is 5.43 Å². The third-order valence-electron chi connectivity index (χ3n) is 4.61. The van der Waals surface area contributed by atoms with Crippen molar-refractivity contribution in [2.75, 3.05) is 18.5 Å². The van der Waals surface area contributed by atoms with Gasteiger partial charge >= 0.3 is 0 Å². The molecular weight excluding hydrogens is 364 g/mol. The number of nitrogens with zero attached hydrogens (tertiary/aromatic N) is 3. The molecular formula is C23H28N4S. The molecule has 2 aromatic carbocycles. The van der Waals surface area contributed by atoms with E-state index in [1.165, 1.54) is 24.9 Å². The van der Waals surface area contributed by atoms with Crippen molar-refractivity contribution in [2.24, 2.45) is 5.10 Å². The summed E-state index contributed by atoms with van der Waals surface area (Å²) in [6, 6.07) is 18.8. The molecule has 1 heterocycles. The average molecular weight is 393 g/mol. The zero-order valence-electron chi connectivity index (χ0n) is 16.6. The lowest BCUT2D eigenvalue weighted by Crippen LogP contribution is -2.23. The minimum absolute atomic E-state index is 0.793. The summed E-state index contributed by atoms with van der Waals surface area (Å²) in [6.07, 6.45) is 4.33. The Balaban J connectivity index is 1.53. The molecule has 0 radical (unpaired) electrons. The summed E-state index contributed by atoms with van der Waals surface area (Å²) in [5, 5.41) is 7.16. The van der Waals surface area contributed by atoms with Crippen molar-refractivity contribution < 1.29 is 0 Å². The van der Waals surface area contributed by atoms with Crippen LogP contribution in [0.5, 0.6) is 0 Å². The molecule has 0 unspecified atom stereocenters. The van der Waals surface area contributed by atoms with E-state index in [2.05, 4.69) is 70.7 Å². The monoisotopic (exact) mass is 392 g/mol. The number of anilines is 1. The molecule has 146 valence electrons. The van der Waals surface area contributed by atoms with Crippen LogP contribution in [-0.2, 0) is 6.54 Å². The Labute approximate surface area is 172 Å². The van der Waals surface area contributed by atoms with Gasteiger partial charge in [0, 0.05) is 17.5 Å². The third-order valence-corrected chi connectivity index (χ3v) is 5.36. The second kappa shape index (κ2) is 10.7. The first-order chi connectivity index (χ1) is 13.8. The minimum Gasteiger partial charge on any atom is -0.299 e.